The van der Waals surface area contributed by atoms with Gasteiger partial charge in [-0.15, -0.1) is 0 Å². The molecule has 6 heterocycles. The maximum Gasteiger partial charge on any atom is 0.490 e. The summed E-state index contributed by atoms with van der Waals surface area (Å²) in [6.45, 7) is 9.27. The first-order chi connectivity index (χ1) is 47.4. The number of nitrogen functional groups attached to an aromatic ring is 1. The van der Waals surface area contributed by atoms with Gasteiger partial charge in [0.25, 0.3) is 11.8 Å². The number of hydrogen-bond acceptors (Lipinski definition) is 20. The number of phosphoric acid groups is 3. The summed E-state index contributed by atoms with van der Waals surface area (Å²) in [5.41, 5.74) is 24.2. The Hall–Kier alpha value is -8.52. The van der Waals surface area contributed by atoms with Crippen molar-refractivity contribution >= 4 is 81.8 Å². The van der Waals surface area contributed by atoms with Gasteiger partial charge in [0.05, 0.1) is 49.0 Å². The number of rotatable bonds is 32. The summed E-state index contributed by atoms with van der Waals surface area (Å²) < 4.78 is 78.7. The molecule has 0 aliphatic carbocycles. The smallest absolute Gasteiger partial charge is 0.490 e. The number of carboxylic acids is 1. The highest BCUT2D eigenvalue weighted by atomic mass is 31.3. The van der Waals surface area contributed by atoms with Crippen molar-refractivity contribution in [2.45, 2.75) is 109 Å². The monoisotopic (exact) mass is 1420 g/mol. The van der Waals surface area contributed by atoms with E-state index in [-0.39, 0.29) is 80.7 Å². The minimum atomic E-state index is -5.71. The predicted molar refractivity (Wildman–Crippen MR) is 360 cm³/mol. The van der Waals surface area contributed by atoms with Gasteiger partial charge in [0.1, 0.15) is 54.5 Å². The average molecular weight is 1420 g/mol. The average Bonchev–Trinajstić information content (AvgIpc) is 1.44. The van der Waals surface area contributed by atoms with Crippen molar-refractivity contribution in [1.82, 2.24) is 30.5 Å². The molecule has 5 atom stereocenters. The maximum absolute atomic E-state index is 14.1. The Bertz CT molecular complexity index is 4470. The fourth-order valence-corrected chi connectivity index (χ4v) is 15.4. The molecule has 3 unspecified atom stereocenters. The Labute approximate surface area is 568 Å². The number of aromatic carboxylic acids is 1. The fraction of sp³-hybridized carbons (Fsp3) is 0.415. The zero-order chi connectivity index (χ0) is 70.6. The van der Waals surface area contributed by atoms with Gasteiger partial charge in [-0.3, -0.25) is 18.9 Å². The number of fused-ring (bicyclic) bond motifs is 4. The minimum absolute atomic E-state index is 0.0300. The third kappa shape index (κ3) is 18.3. The normalized spacial score (nSPS) is 16.9. The largest absolute Gasteiger partial charge is 0.491 e. The molecular weight excluding hydrogens is 1350 g/mol. The molecule has 526 valence electrons. The molecule has 0 bridgehead atoms. The van der Waals surface area contributed by atoms with E-state index in [9.17, 15) is 53.3 Å². The quantitative estimate of drug-likeness (QED) is 0.00500. The van der Waals surface area contributed by atoms with Crippen LogP contribution in [0.3, 0.4) is 0 Å². The summed E-state index contributed by atoms with van der Waals surface area (Å²) in [6, 6.07) is 15.2. The number of aryl methyl sites for hydroxylation is 2. The van der Waals surface area contributed by atoms with E-state index in [1.54, 1.807) is 35.0 Å². The molecule has 34 heteroatoms. The highest BCUT2D eigenvalue weighted by Gasteiger charge is 2.42. The number of carbonyl (C=O) groups excluding carboxylic acids is 3. The third-order valence-electron chi connectivity index (χ3n) is 16.8. The topological polar surface area (TPSA) is 439 Å². The highest BCUT2D eigenvalue weighted by molar-refractivity contribution is 7.66. The number of unbranched alkanes of at least 4 members (excludes halogenated alkanes) is 2. The number of nitrogens with two attached hydrogens (primary N) is 1. The lowest BCUT2D eigenvalue weighted by Crippen LogP contribution is -2.36. The van der Waals surface area contributed by atoms with Crippen molar-refractivity contribution in [2.75, 3.05) is 76.4 Å². The van der Waals surface area contributed by atoms with Crippen LogP contribution in [0.25, 0.3) is 33.6 Å². The molecule has 10 N–H and O–H groups in total. The van der Waals surface area contributed by atoms with Gasteiger partial charge >= 0.3 is 29.4 Å². The lowest BCUT2D eigenvalue weighted by atomic mass is 9.81. The van der Waals surface area contributed by atoms with Crippen LogP contribution in [-0.4, -0.2) is 141 Å². The first-order valence-corrected chi connectivity index (χ1v) is 36.7. The number of hydrogen-bond donors (Lipinski definition) is 9. The SMILES string of the molecule is C=c1c(CCCC)cc2c(c1CCCC)Oc1c(cc3c4c1CCCN4CCC3)C=2c1cc(C(=O)NCCNC(=O)c2cccc(OCC(N=[N+]=[N-])OCCOCC(=O)NCC#Cc3cn([C@H]4CC[C@@H](COP(=O)(O)OP(=O)(O)OP(=O)(O)O)O4)c4ncnc(N)c34)c2)ccc1C(=O)O. The fourth-order valence-electron chi connectivity index (χ4n) is 12.4. The van der Waals surface area contributed by atoms with Gasteiger partial charge in [0.2, 0.25) is 5.91 Å². The van der Waals surface area contributed by atoms with E-state index in [0.29, 0.717) is 39.9 Å². The summed E-state index contributed by atoms with van der Waals surface area (Å²) in [5, 5.41) is 24.9. The number of nitrogens with zero attached hydrogens (tertiary/aromatic N) is 7. The maximum atomic E-state index is 14.1. The number of ether oxygens (including phenoxy) is 5. The molecule has 4 aliphatic heterocycles. The van der Waals surface area contributed by atoms with Gasteiger partial charge in [-0.25, -0.2) is 28.5 Å². The molecule has 0 radical (unpaired) electrons. The molecule has 1 fully saturated rings. The van der Waals surface area contributed by atoms with Crippen LogP contribution in [0.15, 0.2) is 72.2 Å². The molecule has 1 saturated heterocycles. The van der Waals surface area contributed by atoms with E-state index in [1.165, 1.54) is 35.8 Å². The first kappa shape index (κ1) is 73.2. The van der Waals surface area contributed by atoms with E-state index < -0.39 is 72.3 Å². The molecule has 2 aromatic heterocycles. The first-order valence-electron chi connectivity index (χ1n) is 32.2. The number of aromatic nitrogens is 3. The second-order valence-electron chi connectivity index (χ2n) is 23.6. The van der Waals surface area contributed by atoms with Crippen molar-refractivity contribution < 1.29 is 94.4 Å². The lowest BCUT2D eigenvalue weighted by molar-refractivity contribution is -0.126. The summed E-state index contributed by atoms with van der Waals surface area (Å²) in [5.74, 6) is 4.89. The van der Waals surface area contributed by atoms with Crippen LogP contribution in [0, 0.1) is 11.8 Å². The minimum Gasteiger partial charge on any atom is -0.491 e. The Morgan fingerprint density at radius 1 is 0.889 bits per heavy atom. The molecule has 99 heavy (non-hydrogen) atoms. The van der Waals surface area contributed by atoms with Gasteiger partial charge in [-0.05, 0) is 140 Å². The van der Waals surface area contributed by atoms with Gasteiger partial charge in [-0.1, -0.05) is 56.3 Å². The van der Waals surface area contributed by atoms with Crippen LogP contribution in [0.4, 0.5) is 11.5 Å². The van der Waals surface area contributed by atoms with E-state index in [1.807, 2.05) is 0 Å². The van der Waals surface area contributed by atoms with Crippen LogP contribution in [0.2, 0.25) is 0 Å². The third-order valence-corrected chi connectivity index (χ3v) is 20.6. The molecule has 0 spiro atoms. The van der Waals surface area contributed by atoms with Crippen LogP contribution < -0.4 is 46.5 Å². The Balaban J connectivity index is 0.695. The zero-order valence-corrected chi connectivity index (χ0v) is 56.9. The molecular formula is C65H76N11O20P3. The molecule has 6 aromatic rings. The molecule has 3 amide bonds. The number of benzene rings is 4. The summed E-state index contributed by atoms with van der Waals surface area (Å²) in [6.07, 6.45) is 9.57. The summed E-state index contributed by atoms with van der Waals surface area (Å²) in [4.78, 5) is 104. The number of azide groups is 1. The second-order valence-corrected chi connectivity index (χ2v) is 28.1. The van der Waals surface area contributed by atoms with Crippen LogP contribution in [0.5, 0.6) is 17.2 Å². The molecule has 31 nitrogen and oxygen atoms in total. The van der Waals surface area contributed by atoms with E-state index in [4.69, 9.17) is 43.7 Å². The lowest BCUT2D eigenvalue weighted by Gasteiger charge is -2.39. The van der Waals surface area contributed by atoms with E-state index >= 15 is 0 Å². The van der Waals surface area contributed by atoms with Crippen molar-refractivity contribution in [1.29, 1.82) is 0 Å². The van der Waals surface area contributed by atoms with Crippen LogP contribution in [-0.2, 0) is 71.5 Å². The van der Waals surface area contributed by atoms with Crippen molar-refractivity contribution in [3.63, 3.8) is 0 Å². The second kappa shape index (κ2) is 32.6. The van der Waals surface area contributed by atoms with Gasteiger partial charge in [0.15, 0.2) is 6.23 Å². The molecule has 4 aromatic carbocycles. The van der Waals surface area contributed by atoms with Gasteiger partial charge < -0.3 is 79.5 Å². The molecule has 10 rings (SSSR count). The van der Waals surface area contributed by atoms with Crippen LogP contribution >= 0.6 is 23.5 Å². The number of amides is 3. The Kier molecular flexibility index (Phi) is 24.1. The zero-order valence-electron chi connectivity index (χ0n) is 54.3. The Morgan fingerprint density at radius 2 is 1.64 bits per heavy atom. The van der Waals surface area contributed by atoms with E-state index in [0.717, 1.165) is 116 Å². The summed E-state index contributed by atoms with van der Waals surface area (Å²) in [7, 11) is -16.7. The molecule has 0 saturated carbocycles. The number of anilines is 2. The number of carbonyl (C=O) groups is 4. The van der Waals surface area contributed by atoms with Crippen LogP contribution in [0.1, 0.15) is 141 Å². The van der Waals surface area contributed by atoms with Crippen molar-refractivity contribution in [3.05, 3.63) is 144 Å². The standard InChI is InChI=1S/C65H76N11O20P3/c1-4-6-12-40-31-51-57(52-32-41-15-10-26-75-27-11-18-49(58(41)75)60(52)94-59(51)47(39(40)3)17-7-5-2)50-33-43(19-21-48(50)65(80)81)64(79)70-25-24-69-63(78)42-13-8-16-45(30-42)91-37-54(73-74-67)90-29-28-89-36-53(77)68-23-9-14-44-34-76(62-56(44)61(66)71-38-72-62)55-22-20-46(93-55)35-92-98(85,86)96-99(87,88)95-97(82,83)84/h8,13,16,19,21,30-34,38,46,54-55H,3-7,10-12,15,17-18,20,22-29,35-37H2,1-2H3,(H,68,77)(H,69,78)(H,70,79)(H,80,81)(H,85,86)(H,87,88)(H2,66,71,72)(H2,82,83,84)/t46-,54?,55+/m0/s1. The van der Waals surface area contributed by atoms with E-state index in [2.05, 4.69) is 93.9 Å². The van der Waals surface area contributed by atoms with Gasteiger partial charge in [0, 0.05) is 81.6 Å². The number of carboxylic acid groups (broad SMARTS) is 1. The number of nitrogens with one attached hydrogen (secondary N) is 3. The Morgan fingerprint density at radius 3 is 2.37 bits per heavy atom. The van der Waals surface area contributed by atoms with Crippen molar-refractivity contribution in [2.24, 2.45) is 5.11 Å². The molecule has 4 aliphatic rings. The highest BCUT2D eigenvalue weighted by Crippen LogP contribution is 2.66. The predicted octanol–water partition coefficient (Wildman–Crippen LogP) is 7.26. The van der Waals surface area contributed by atoms with Gasteiger partial charge in [-0.2, -0.15) is 8.62 Å². The van der Waals surface area contributed by atoms with Crippen molar-refractivity contribution in [3.8, 4) is 29.1 Å². The number of phosphoric ester groups is 1. The summed E-state index contributed by atoms with van der Waals surface area (Å²) >= 11 is 0.